The highest BCUT2D eigenvalue weighted by Gasteiger charge is 2.50. The van der Waals surface area contributed by atoms with Gasteiger partial charge >= 0.3 is 0 Å². The molecule has 2 aliphatic rings. The Kier molecular flexibility index (Phi) is 4.43. The van der Waals surface area contributed by atoms with Gasteiger partial charge in [-0.25, -0.2) is 0 Å². The van der Waals surface area contributed by atoms with Crippen molar-refractivity contribution in [3.8, 4) is 0 Å². The number of piperazine rings is 1. The molecule has 0 aliphatic carbocycles. The maximum Gasteiger partial charge on any atom is 0.246 e. The van der Waals surface area contributed by atoms with E-state index in [9.17, 15) is 9.59 Å². The van der Waals surface area contributed by atoms with Crippen molar-refractivity contribution in [2.24, 2.45) is 7.05 Å². The highest BCUT2D eigenvalue weighted by atomic mass is 16.2. The molecule has 1 atom stereocenters. The van der Waals surface area contributed by atoms with Gasteiger partial charge in [-0.1, -0.05) is 0 Å². The minimum Gasteiger partial charge on any atom is -0.325 e. The Balaban J connectivity index is 1.58. The molecule has 1 spiro atoms. The Morgan fingerprint density at radius 1 is 1.26 bits per heavy atom. The normalized spacial score (nSPS) is 23.4. The first-order valence-corrected chi connectivity index (χ1v) is 9.15. The first-order chi connectivity index (χ1) is 13.0. The van der Waals surface area contributed by atoms with E-state index in [1.807, 2.05) is 25.4 Å². The first kappa shape index (κ1) is 17.7. The molecule has 0 N–H and O–H groups in total. The van der Waals surface area contributed by atoms with Gasteiger partial charge in [0.15, 0.2) is 0 Å². The van der Waals surface area contributed by atoms with Crippen LogP contribution in [0.2, 0.25) is 0 Å². The van der Waals surface area contributed by atoms with Crippen LogP contribution in [0.5, 0.6) is 0 Å². The van der Waals surface area contributed by atoms with Crippen LogP contribution in [0.15, 0.2) is 36.9 Å². The topological polar surface area (TPSA) is 74.6 Å². The average Bonchev–Trinajstić information content (AvgIpc) is 3.24. The van der Waals surface area contributed by atoms with Crippen molar-refractivity contribution in [2.45, 2.75) is 25.4 Å². The van der Waals surface area contributed by atoms with Gasteiger partial charge in [0, 0.05) is 52.2 Å². The maximum absolute atomic E-state index is 12.7. The molecule has 2 saturated heterocycles. The Bertz CT molecular complexity index is 851. The minimum absolute atomic E-state index is 0.0417. The number of nitrogens with zero attached hydrogens (tertiary/aromatic N) is 6. The highest BCUT2D eigenvalue weighted by Crippen LogP contribution is 2.35. The van der Waals surface area contributed by atoms with E-state index in [0.29, 0.717) is 6.54 Å². The fourth-order valence-corrected chi connectivity index (χ4v) is 4.26. The second-order valence-corrected chi connectivity index (χ2v) is 7.50. The minimum atomic E-state index is -0.359. The average molecular weight is 368 g/mol. The summed E-state index contributed by atoms with van der Waals surface area (Å²) in [6.45, 7) is 4.63. The lowest BCUT2D eigenvalue weighted by Gasteiger charge is -2.48. The molecule has 2 aliphatic heterocycles. The molecule has 142 valence electrons. The Labute approximate surface area is 158 Å². The molecule has 1 unspecified atom stereocenters. The predicted molar refractivity (Wildman–Crippen MR) is 99.8 cm³/mol. The third kappa shape index (κ3) is 3.32. The molecule has 2 amide bonds. The van der Waals surface area contributed by atoms with E-state index in [0.717, 1.165) is 31.7 Å². The summed E-state index contributed by atoms with van der Waals surface area (Å²) in [5.41, 5.74) is 1.63. The fourth-order valence-electron chi connectivity index (χ4n) is 4.26. The fraction of sp³-hybridized carbons (Fsp3) is 0.474. The van der Waals surface area contributed by atoms with E-state index >= 15 is 0 Å². The first-order valence-electron chi connectivity index (χ1n) is 9.15. The number of aromatic nitrogens is 3. The molecule has 8 nitrogen and oxygen atoms in total. The zero-order valence-electron chi connectivity index (χ0n) is 15.7. The lowest BCUT2D eigenvalue weighted by atomic mass is 9.92. The summed E-state index contributed by atoms with van der Waals surface area (Å²) in [4.78, 5) is 35.0. The Morgan fingerprint density at radius 2 is 2.04 bits per heavy atom. The van der Waals surface area contributed by atoms with Crippen molar-refractivity contribution < 1.29 is 9.59 Å². The predicted octanol–water partition coefficient (Wildman–Crippen LogP) is 0.655. The van der Waals surface area contributed by atoms with Gasteiger partial charge in [0.05, 0.1) is 24.0 Å². The molecule has 8 heteroatoms. The monoisotopic (exact) mass is 368 g/mol. The van der Waals surface area contributed by atoms with Gasteiger partial charge in [0.1, 0.15) is 6.54 Å². The van der Waals surface area contributed by atoms with Crippen molar-refractivity contribution in [1.82, 2.24) is 24.6 Å². The molecule has 2 aromatic rings. The lowest BCUT2D eigenvalue weighted by molar-refractivity contribution is -0.142. The summed E-state index contributed by atoms with van der Waals surface area (Å²) in [5, 5.41) is 4.19. The summed E-state index contributed by atoms with van der Waals surface area (Å²) >= 11 is 0. The molecule has 4 heterocycles. The van der Waals surface area contributed by atoms with Crippen LogP contribution in [0, 0.1) is 0 Å². The van der Waals surface area contributed by atoms with Crippen molar-refractivity contribution in [2.75, 3.05) is 31.1 Å². The molecule has 4 rings (SSSR count). The van der Waals surface area contributed by atoms with E-state index in [1.165, 1.54) is 5.56 Å². The zero-order chi connectivity index (χ0) is 19.0. The molecule has 0 bridgehead atoms. The van der Waals surface area contributed by atoms with Crippen LogP contribution in [0.4, 0.5) is 5.69 Å². The van der Waals surface area contributed by atoms with Crippen molar-refractivity contribution in [3.63, 3.8) is 0 Å². The number of rotatable bonds is 3. The quantitative estimate of drug-likeness (QED) is 0.795. The number of amides is 2. The third-order valence-corrected chi connectivity index (χ3v) is 5.57. The maximum atomic E-state index is 12.7. The van der Waals surface area contributed by atoms with Crippen LogP contribution < -0.4 is 4.90 Å². The van der Waals surface area contributed by atoms with Crippen molar-refractivity contribution >= 4 is 17.5 Å². The molecule has 0 aromatic carbocycles. The smallest absolute Gasteiger partial charge is 0.246 e. The zero-order valence-corrected chi connectivity index (χ0v) is 15.7. The van der Waals surface area contributed by atoms with Crippen LogP contribution in [-0.4, -0.2) is 68.1 Å². The summed E-state index contributed by atoms with van der Waals surface area (Å²) in [6, 6.07) is 4.03. The second-order valence-electron chi connectivity index (χ2n) is 7.50. The lowest BCUT2D eigenvalue weighted by Crippen LogP contribution is -2.66. The second kappa shape index (κ2) is 6.77. The van der Waals surface area contributed by atoms with Gasteiger partial charge in [0.25, 0.3) is 0 Å². The van der Waals surface area contributed by atoms with Gasteiger partial charge in [0.2, 0.25) is 11.8 Å². The largest absolute Gasteiger partial charge is 0.325 e. The molecular weight excluding hydrogens is 344 g/mol. The highest BCUT2D eigenvalue weighted by molar-refractivity contribution is 5.98. The molecule has 27 heavy (non-hydrogen) atoms. The van der Waals surface area contributed by atoms with Crippen LogP contribution in [-0.2, 0) is 23.2 Å². The number of hydrogen-bond donors (Lipinski definition) is 0. The van der Waals surface area contributed by atoms with Crippen LogP contribution in [0.3, 0.4) is 0 Å². The summed E-state index contributed by atoms with van der Waals surface area (Å²) < 4.78 is 1.69. The Hall–Kier alpha value is -2.74. The number of likely N-dealkylation sites (tertiary alicyclic amines) is 1. The van der Waals surface area contributed by atoms with Crippen LogP contribution in [0.25, 0.3) is 0 Å². The summed E-state index contributed by atoms with van der Waals surface area (Å²) in [5.74, 6) is -0.101. The number of carbonyl (C=O) groups is 2. The summed E-state index contributed by atoms with van der Waals surface area (Å²) in [7, 11) is 1.83. The number of aryl methyl sites for hydroxylation is 1. The van der Waals surface area contributed by atoms with Gasteiger partial charge < -0.3 is 9.80 Å². The molecule has 2 aromatic heterocycles. The number of hydrogen-bond acceptors (Lipinski definition) is 5. The number of carbonyl (C=O) groups excluding carboxylic acids is 2. The van der Waals surface area contributed by atoms with Crippen LogP contribution in [0.1, 0.15) is 18.9 Å². The van der Waals surface area contributed by atoms with Gasteiger partial charge in [-0.3, -0.25) is 24.2 Å². The van der Waals surface area contributed by atoms with Crippen molar-refractivity contribution in [1.29, 1.82) is 0 Å². The molecule has 2 fully saturated rings. The van der Waals surface area contributed by atoms with E-state index in [-0.39, 0.29) is 23.9 Å². The number of anilines is 1. The van der Waals surface area contributed by atoms with Gasteiger partial charge in [-0.2, -0.15) is 5.10 Å². The SMILES string of the molecule is CC(=O)N1CC(=O)N(c2cnn(C)c2)CC12CCN(Cc1ccncc1)C2. The van der Waals surface area contributed by atoms with E-state index in [4.69, 9.17) is 0 Å². The molecule has 0 radical (unpaired) electrons. The summed E-state index contributed by atoms with van der Waals surface area (Å²) in [6.07, 6.45) is 8.00. The van der Waals surface area contributed by atoms with E-state index in [1.54, 1.807) is 40.0 Å². The van der Waals surface area contributed by atoms with Gasteiger partial charge in [-0.05, 0) is 24.1 Å². The molecular formula is C19H24N6O2. The standard InChI is InChI=1S/C19H24N6O2/c1-15(26)25-12-18(27)24(17-9-21-22(2)11-17)14-19(25)5-8-23(13-19)10-16-3-6-20-7-4-16/h3-4,6-7,9,11H,5,8,10,12-14H2,1-2H3. The third-order valence-electron chi connectivity index (χ3n) is 5.57. The number of pyridine rings is 1. The Morgan fingerprint density at radius 3 is 2.70 bits per heavy atom. The molecule has 0 saturated carbocycles. The van der Waals surface area contributed by atoms with E-state index in [2.05, 4.69) is 15.0 Å². The van der Waals surface area contributed by atoms with Crippen LogP contribution >= 0.6 is 0 Å². The van der Waals surface area contributed by atoms with E-state index < -0.39 is 0 Å². The van der Waals surface area contributed by atoms with Gasteiger partial charge in [-0.15, -0.1) is 0 Å². The van der Waals surface area contributed by atoms with Crippen molar-refractivity contribution in [3.05, 3.63) is 42.5 Å².